The topological polar surface area (TPSA) is 93.8 Å². The van der Waals surface area contributed by atoms with Crippen LogP contribution in [0, 0.1) is 10.1 Å². The first kappa shape index (κ1) is 18.3. The Morgan fingerprint density at radius 3 is 2.70 bits per heavy atom. The summed E-state index contributed by atoms with van der Waals surface area (Å²) in [4.78, 5) is 22.1. The summed E-state index contributed by atoms with van der Waals surface area (Å²) in [6, 6.07) is 17.6. The molecule has 0 saturated heterocycles. The Morgan fingerprint density at radius 2 is 1.93 bits per heavy atom. The zero-order valence-corrected chi connectivity index (χ0v) is 14.7. The Kier molecular flexibility index (Phi) is 5.63. The maximum atomic E-state index is 11.8. The maximum absolute atomic E-state index is 11.8. The van der Waals surface area contributed by atoms with Gasteiger partial charge in [-0.05, 0) is 29.0 Å². The molecule has 7 nitrogen and oxygen atoms in total. The average Bonchev–Trinajstić information content (AvgIpc) is 2.67. The number of amides is 1. The van der Waals surface area contributed by atoms with Gasteiger partial charge in [-0.15, -0.1) is 0 Å². The maximum Gasteiger partial charge on any atom is 0.288 e. The van der Waals surface area contributed by atoms with E-state index >= 15 is 0 Å². The van der Waals surface area contributed by atoms with Gasteiger partial charge in [0.05, 0.1) is 11.1 Å². The van der Waals surface area contributed by atoms with Gasteiger partial charge in [-0.1, -0.05) is 48.0 Å². The zero-order chi connectivity index (χ0) is 19.2. The molecule has 1 N–H and O–H groups in total. The lowest BCUT2D eigenvalue weighted by atomic mass is 10.1. The van der Waals surface area contributed by atoms with E-state index in [4.69, 9.17) is 16.3 Å². The summed E-state index contributed by atoms with van der Waals surface area (Å²) in [5.41, 5.74) is 2.51. The number of hydrogen-bond acceptors (Lipinski definition) is 5. The van der Waals surface area contributed by atoms with E-state index in [2.05, 4.69) is 10.5 Å². The van der Waals surface area contributed by atoms with Gasteiger partial charge >= 0.3 is 0 Å². The molecule has 0 aliphatic carbocycles. The summed E-state index contributed by atoms with van der Waals surface area (Å²) < 4.78 is 5.45. The minimum atomic E-state index is -0.588. The normalized spacial score (nSPS) is 10.9. The Bertz CT molecular complexity index is 1040. The van der Waals surface area contributed by atoms with Crippen LogP contribution in [0.1, 0.15) is 5.56 Å². The highest BCUT2D eigenvalue weighted by atomic mass is 35.5. The number of halogens is 1. The molecule has 3 rings (SSSR count). The van der Waals surface area contributed by atoms with E-state index in [0.29, 0.717) is 11.3 Å². The minimum Gasteiger partial charge on any atom is -0.484 e. The largest absolute Gasteiger partial charge is 0.484 e. The molecule has 0 saturated carbocycles. The first-order valence-electron chi connectivity index (χ1n) is 7.90. The lowest BCUT2D eigenvalue weighted by Crippen LogP contribution is -2.24. The smallest absolute Gasteiger partial charge is 0.288 e. The predicted octanol–water partition coefficient (Wildman–Crippen LogP) is 3.93. The molecule has 0 atom stereocenters. The van der Waals surface area contributed by atoms with Crippen molar-refractivity contribution in [2.75, 3.05) is 6.61 Å². The molecule has 136 valence electrons. The second-order valence-corrected chi connectivity index (χ2v) is 5.97. The van der Waals surface area contributed by atoms with Crippen LogP contribution in [0.15, 0.2) is 65.8 Å². The van der Waals surface area contributed by atoms with Crippen LogP contribution in [0.3, 0.4) is 0 Å². The minimum absolute atomic E-state index is 0.0324. The van der Waals surface area contributed by atoms with Gasteiger partial charge in [0.1, 0.15) is 10.8 Å². The van der Waals surface area contributed by atoms with Crippen LogP contribution in [-0.2, 0) is 4.79 Å². The Balaban J connectivity index is 1.55. The van der Waals surface area contributed by atoms with Crippen molar-refractivity contribution in [2.45, 2.75) is 0 Å². The number of hydrazone groups is 1. The predicted molar refractivity (Wildman–Crippen MR) is 103 cm³/mol. The first-order valence-corrected chi connectivity index (χ1v) is 8.28. The molecule has 0 aliphatic rings. The summed E-state index contributed by atoms with van der Waals surface area (Å²) in [6.07, 6.45) is 1.29. The monoisotopic (exact) mass is 383 g/mol. The molecule has 0 aromatic heterocycles. The van der Waals surface area contributed by atoms with Crippen LogP contribution in [0.5, 0.6) is 5.75 Å². The van der Waals surface area contributed by atoms with Gasteiger partial charge in [0.2, 0.25) is 0 Å². The van der Waals surface area contributed by atoms with Gasteiger partial charge < -0.3 is 4.74 Å². The molecule has 1 amide bonds. The molecule has 0 unspecified atom stereocenters. The van der Waals surface area contributed by atoms with Crippen LogP contribution in [0.4, 0.5) is 5.69 Å². The molecule has 0 aliphatic heterocycles. The van der Waals surface area contributed by atoms with Gasteiger partial charge in [0.25, 0.3) is 11.6 Å². The third-order valence-electron chi connectivity index (χ3n) is 3.66. The fourth-order valence-corrected chi connectivity index (χ4v) is 2.55. The molecular formula is C19H14ClN3O4. The van der Waals surface area contributed by atoms with Crippen LogP contribution < -0.4 is 10.2 Å². The molecule has 8 heteroatoms. The molecule has 3 aromatic carbocycles. The Hall–Kier alpha value is -3.45. The summed E-state index contributed by atoms with van der Waals surface area (Å²) in [5.74, 6) is 0.115. The number of ether oxygens (including phenoxy) is 1. The van der Waals surface area contributed by atoms with Crippen molar-refractivity contribution in [3.05, 3.63) is 81.4 Å². The van der Waals surface area contributed by atoms with Gasteiger partial charge in [0, 0.05) is 11.6 Å². The van der Waals surface area contributed by atoms with E-state index in [9.17, 15) is 14.9 Å². The molecule has 0 bridgehead atoms. The molecule has 0 spiro atoms. The number of fused-ring (bicyclic) bond motifs is 1. The van der Waals surface area contributed by atoms with Crippen LogP contribution in [0.25, 0.3) is 10.8 Å². The fourth-order valence-electron chi connectivity index (χ4n) is 2.37. The van der Waals surface area contributed by atoms with Crippen LogP contribution >= 0.6 is 11.6 Å². The van der Waals surface area contributed by atoms with E-state index in [1.165, 1.54) is 18.3 Å². The molecule has 0 radical (unpaired) electrons. The first-order chi connectivity index (χ1) is 13.0. The van der Waals surface area contributed by atoms with Crippen molar-refractivity contribution in [2.24, 2.45) is 5.10 Å². The Labute approximate surface area is 159 Å². The summed E-state index contributed by atoms with van der Waals surface area (Å²) >= 11 is 5.74. The molecular weight excluding hydrogens is 370 g/mol. The third-order valence-corrected chi connectivity index (χ3v) is 3.98. The number of carbonyl (C=O) groups excluding carboxylic acids is 1. The second kappa shape index (κ2) is 8.29. The molecule has 3 aromatic rings. The number of benzene rings is 3. The number of carbonyl (C=O) groups is 1. The summed E-state index contributed by atoms with van der Waals surface area (Å²) in [5, 5.41) is 16.7. The van der Waals surface area contributed by atoms with E-state index in [-0.39, 0.29) is 17.3 Å². The number of hydrogen-bond donors (Lipinski definition) is 1. The van der Waals surface area contributed by atoms with Crippen LogP contribution in [0.2, 0.25) is 5.02 Å². The number of rotatable bonds is 6. The van der Waals surface area contributed by atoms with Crippen molar-refractivity contribution in [1.29, 1.82) is 0 Å². The van der Waals surface area contributed by atoms with Gasteiger partial charge in [-0.25, -0.2) is 5.43 Å². The molecule has 0 fully saturated rings. The van der Waals surface area contributed by atoms with Crippen molar-refractivity contribution in [3.63, 3.8) is 0 Å². The number of nitrogens with zero attached hydrogens (tertiary/aromatic N) is 2. The standard InChI is InChI=1S/C19H14ClN3O4/c20-17-8-5-13(9-18(17)23(25)26)11-21-22-19(24)12-27-16-7-6-14-3-1-2-4-15(14)10-16/h1-11H,12H2,(H,22,24)/b21-11+. The van der Waals surface area contributed by atoms with Crippen LogP contribution in [-0.4, -0.2) is 23.7 Å². The van der Waals surface area contributed by atoms with E-state index in [1.807, 2.05) is 36.4 Å². The van der Waals surface area contributed by atoms with Gasteiger partial charge in [-0.3, -0.25) is 14.9 Å². The lowest BCUT2D eigenvalue weighted by molar-refractivity contribution is -0.384. The average molecular weight is 384 g/mol. The van der Waals surface area contributed by atoms with Gasteiger partial charge in [-0.2, -0.15) is 5.10 Å². The van der Waals surface area contributed by atoms with E-state index in [0.717, 1.165) is 10.8 Å². The number of nitrogens with one attached hydrogen (secondary N) is 1. The van der Waals surface area contributed by atoms with Crippen molar-refractivity contribution in [3.8, 4) is 5.75 Å². The number of nitro groups is 1. The molecule has 0 heterocycles. The lowest BCUT2D eigenvalue weighted by Gasteiger charge is -2.06. The zero-order valence-electron chi connectivity index (χ0n) is 14.0. The quantitative estimate of drug-likeness (QED) is 0.396. The highest BCUT2D eigenvalue weighted by molar-refractivity contribution is 6.32. The second-order valence-electron chi connectivity index (χ2n) is 5.56. The van der Waals surface area contributed by atoms with E-state index in [1.54, 1.807) is 12.1 Å². The van der Waals surface area contributed by atoms with Gasteiger partial charge in [0.15, 0.2) is 6.61 Å². The highest BCUT2D eigenvalue weighted by Gasteiger charge is 2.11. The summed E-state index contributed by atoms with van der Waals surface area (Å²) in [7, 11) is 0. The summed E-state index contributed by atoms with van der Waals surface area (Å²) in [6.45, 7) is -0.212. The van der Waals surface area contributed by atoms with Crippen molar-refractivity contribution < 1.29 is 14.5 Å². The van der Waals surface area contributed by atoms with Crippen molar-refractivity contribution >= 4 is 40.2 Å². The van der Waals surface area contributed by atoms with Crippen molar-refractivity contribution in [1.82, 2.24) is 5.43 Å². The third kappa shape index (κ3) is 4.80. The Morgan fingerprint density at radius 1 is 1.15 bits per heavy atom. The van der Waals surface area contributed by atoms with E-state index < -0.39 is 10.8 Å². The fraction of sp³-hybridized carbons (Fsp3) is 0.0526. The molecule has 27 heavy (non-hydrogen) atoms. The number of nitro benzene ring substituents is 1. The SMILES string of the molecule is O=C(COc1ccc2ccccc2c1)N/N=C/c1ccc(Cl)c([N+](=O)[O-])c1. The highest BCUT2D eigenvalue weighted by Crippen LogP contribution is 2.24.